The summed E-state index contributed by atoms with van der Waals surface area (Å²) in [7, 11) is 3.31. The van der Waals surface area contributed by atoms with Crippen molar-refractivity contribution in [3.8, 4) is 17.0 Å². The van der Waals surface area contributed by atoms with Gasteiger partial charge in [-0.25, -0.2) is 4.99 Å². The van der Waals surface area contributed by atoms with E-state index in [-0.39, 0.29) is 5.84 Å². The maximum absolute atomic E-state index is 8.35. The zero-order valence-electron chi connectivity index (χ0n) is 25.6. The number of ether oxygens (including phenoxy) is 1. The van der Waals surface area contributed by atoms with Crippen LogP contribution in [0, 0.1) is 10.8 Å². The van der Waals surface area contributed by atoms with Gasteiger partial charge in [0.2, 0.25) is 0 Å². The summed E-state index contributed by atoms with van der Waals surface area (Å²) in [4.78, 5) is 6.70. The molecule has 0 bridgehead atoms. The van der Waals surface area contributed by atoms with Crippen molar-refractivity contribution in [1.82, 2.24) is 19.2 Å². The van der Waals surface area contributed by atoms with Crippen LogP contribution in [0.3, 0.4) is 0 Å². The predicted molar refractivity (Wildman–Crippen MR) is 173 cm³/mol. The van der Waals surface area contributed by atoms with E-state index in [0.717, 1.165) is 54.1 Å². The summed E-state index contributed by atoms with van der Waals surface area (Å²) in [5.74, 6) is 2.57. The van der Waals surface area contributed by atoms with Crippen LogP contribution >= 0.6 is 0 Å². The first-order chi connectivity index (χ1) is 20.3. The molecule has 5 rings (SSSR count). The maximum atomic E-state index is 8.35. The molecule has 1 aromatic carbocycles. The minimum Gasteiger partial charge on any atom is -0.495 e. The standard InChI is InChI=1S/C33H44N8O/c1-6-22(2)16-25-17-30(26-19-36-40(20-26)27-13-14-27)41(28-10-8-7-9-11-28)33(25)38-23(3)37-29-15-12-24(18-31(29)42-5)32(35)39(4)21-34/h12,15-21,27-28,34-35H,6-11,13-14H2,1-5H3,(H,37,38). The van der Waals surface area contributed by atoms with Gasteiger partial charge in [0, 0.05) is 36.0 Å². The molecule has 2 aromatic heterocycles. The van der Waals surface area contributed by atoms with E-state index in [4.69, 9.17) is 25.6 Å². The molecular formula is C33H44N8O. The fourth-order valence-corrected chi connectivity index (χ4v) is 5.66. The van der Waals surface area contributed by atoms with Crippen molar-refractivity contribution >= 4 is 35.6 Å². The fraction of sp³-hybridized carbons (Fsp3) is 0.455. The second kappa shape index (κ2) is 12.8. The molecule has 0 spiro atoms. The molecule has 3 N–H and O–H groups in total. The number of hydrogen-bond acceptors (Lipinski definition) is 5. The minimum atomic E-state index is 0.228. The molecular weight excluding hydrogens is 524 g/mol. The number of allylic oxidation sites excluding steroid dienone is 1. The van der Waals surface area contributed by atoms with Gasteiger partial charge < -0.3 is 19.5 Å². The Morgan fingerprint density at radius 2 is 1.90 bits per heavy atom. The smallest absolute Gasteiger partial charge is 0.143 e. The molecule has 222 valence electrons. The molecule has 0 radical (unpaired) electrons. The first-order valence-corrected chi connectivity index (χ1v) is 15.1. The second-order valence-corrected chi connectivity index (χ2v) is 11.6. The Morgan fingerprint density at radius 3 is 2.57 bits per heavy atom. The minimum absolute atomic E-state index is 0.228. The third-order valence-electron chi connectivity index (χ3n) is 8.37. The van der Waals surface area contributed by atoms with Gasteiger partial charge in [-0.2, -0.15) is 5.10 Å². The molecule has 2 saturated carbocycles. The lowest BCUT2D eigenvalue weighted by Crippen LogP contribution is -2.24. The fourth-order valence-electron chi connectivity index (χ4n) is 5.66. The number of aliphatic imine (C=N–C) groups is 1. The van der Waals surface area contributed by atoms with Gasteiger partial charge in [-0.1, -0.05) is 37.8 Å². The summed E-state index contributed by atoms with van der Waals surface area (Å²) < 4.78 is 10.3. The van der Waals surface area contributed by atoms with Gasteiger partial charge in [-0.3, -0.25) is 15.5 Å². The molecule has 3 aromatic rings. The summed E-state index contributed by atoms with van der Waals surface area (Å²) in [6, 6.07) is 8.81. The van der Waals surface area contributed by atoms with E-state index < -0.39 is 0 Å². The summed E-state index contributed by atoms with van der Waals surface area (Å²) in [5.41, 5.74) is 6.22. The highest BCUT2D eigenvalue weighted by Crippen LogP contribution is 2.42. The molecule has 2 aliphatic carbocycles. The lowest BCUT2D eigenvalue weighted by Gasteiger charge is -2.27. The SMILES string of the molecule is CCC(C)=Cc1cc(-c2cnn(C3CC3)c2)n(C2CCCCC2)c1/N=C(\C)Nc1ccc(C(=N)N(C)C=N)cc1OC. The van der Waals surface area contributed by atoms with Crippen LogP contribution in [0.1, 0.15) is 95.3 Å². The lowest BCUT2D eigenvalue weighted by molar-refractivity contribution is 0.358. The van der Waals surface area contributed by atoms with E-state index in [1.54, 1.807) is 14.2 Å². The number of methoxy groups -OCH3 is 1. The summed E-state index contributed by atoms with van der Waals surface area (Å²) >= 11 is 0. The number of hydrogen-bond donors (Lipinski definition) is 3. The third kappa shape index (κ3) is 6.35. The summed E-state index contributed by atoms with van der Waals surface area (Å²) in [5, 5.41) is 24.0. The molecule has 2 aliphatic rings. The largest absolute Gasteiger partial charge is 0.495 e. The van der Waals surface area contributed by atoms with Crippen molar-refractivity contribution in [1.29, 1.82) is 10.8 Å². The van der Waals surface area contributed by atoms with E-state index in [0.29, 0.717) is 23.4 Å². The molecule has 0 aliphatic heterocycles. The Bertz CT molecular complexity index is 1500. The lowest BCUT2D eigenvalue weighted by atomic mass is 9.95. The van der Waals surface area contributed by atoms with Crippen LogP contribution in [0.4, 0.5) is 11.5 Å². The Labute approximate surface area is 249 Å². The summed E-state index contributed by atoms with van der Waals surface area (Å²) in [6.45, 7) is 6.36. The molecule has 9 heteroatoms. The number of nitrogens with one attached hydrogen (secondary N) is 3. The summed E-state index contributed by atoms with van der Waals surface area (Å²) in [6.07, 6.45) is 17.1. The van der Waals surface area contributed by atoms with Crippen LogP contribution < -0.4 is 10.1 Å². The van der Waals surface area contributed by atoms with Crippen LogP contribution in [0.2, 0.25) is 0 Å². The molecule has 2 fully saturated rings. The number of aromatic nitrogens is 3. The predicted octanol–water partition coefficient (Wildman–Crippen LogP) is 8.04. The van der Waals surface area contributed by atoms with E-state index >= 15 is 0 Å². The van der Waals surface area contributed by atoms with Crippen LogP contribution in [-0.2, 0) is 0 Å². The number of anilines is 1. The number of nitrogens with zero attached hydrogens (tertiary/aromatic N) is 5. The quantitative estimate of drug-likeness (QED) is 0.170. The van der Waals surface area contributed by atoms with Gasteiger partial charge in [-0.15, -0.1) is 0 Å². The number of amidine groups is 2. The average molecular weight is 569 g/mol. The number of benzene rings is 1. The second-order valence-electron chi connectivity index (χ2n) is 11.6. The highest BCUT2D eigenvalue weighted by Gasteiger charge is 2.27. The van der Waals surface area contributed by atoms with Gasteiger partial charge >= 0.3 is 0 Å². The topological polar surface area (TPSA) is 107 Å². The normalized spacial score (nSPS) is 16.4. The van der Waals surface area contributed by atoms with E-state index in [1.165, 1.54) is 48.3 Å². The van der Waals surface area contributed by atoms with Gasteiger partial charge in [0.25, 0.3) is 0 Å². The molecule has 0 saturated heterocycles. The van der Waals surface area contributed by atoms with Gasteiger partial charge in [0.05, 0.1) is 37.1 Å². The Balaban J connectivity index is 1.57. The zero-order valence-corrected chi connectivity index (χ0v) is 25.6. The van der Waals surface area contributed by atoms with Crippen molar-refractivity contribution < 1.29 is 4.74 Å². The monoisotopic (exact) mass is 568 g/mol. The molecule has 0 atom stereocenters. The van der Waals surface area contributed by atoms with Crippen molar-refractivity contribution in [2.24, 2.45) is 4.99 Å². The highest BCUT2D eigenvalue weighted by molar-refractivity contribution is 6.03. The van der Waals surface area contributed by atoms with Gasteiger partial charge in [-0.05, 0) is 70.2 Å². The average Bonchev–Trinajstić information content (AvgIpc) is 3.65. The zero-order chi connectivity index (χ0) is 29.8. The van der Waals surface area contributed by atoms with E-state index in [1.807, 2.05) is 31.3 Å². The molecule has 2 heterocycles. The molecule has 0 unspecified atom stereocenters. The van der Waals surface area contributed by atoms with Crippen LogP contribution in [0.25, 0.3) is 17.3 Å². The highest BCUT2D eigenvalue weighted by atomic mass is 16.5. The Kier molecular flexibility index (Phi) is 8.94. The Morgan fingerprint density at radius 1 is 1.14 bits per heavy atom. The van der Waals surface area contributed by atoms with E-state index in [2.05, 4.69) is 46.8 Å². The van der Waals surface area contributed by atoms with Crippen molar-refractivity contribution in [3.63, 3.8) is 0 Å². The van der Waals surface area contributed by atoms with Gasteiger partial charge in [0.1, 0.15) is 23.2 Å². The first-order valence-electron chi connectivity index (χ1n) is 15.1. The van der Waals surface area contributed by atoms with Crippen LogP contribution in [-0.4, -0.2) is 51.4 Å². The van der Waals surface area contributed by atoms with E-state index in [9.17, 15) is 0 Å². The van der Waals surface area contributed by atoms with Crippen molar-refractivity contribution in [2.45, 2.75) is 84.2 Å². The first kappa shape index (κ1) is 29.4. The maximum Gasteiger partial charge on any atom is 0.143 e. The van der Waals surface area contributed by atoms with Crippen LogP contribution in [0.15, 0.2) is 47.2 Å². The van der Waals surface area contributed by atoms with Crippen LogP contribution in [0.5, 0.6) is 5.75 Å². The third-order valence-corrected chi connectivity index (χ3v) is 8.37. The van der Waals surface area contributed by atoms with Crippen molar-refractivity contribution in [3.05, 3.63) is 53.4 Å². The Hall–Kier alpha value is -4.14. The molecule has 42 heavy (non-hydrogen) atoms. The van der Waals surface area contributed by atoms with Crippen molar-refractivity contribution in [2.75, 3.05) is 19.5 Å². The molecule has 9 nitrogen and oxygen atoms in total. The molecule has 0 amide bonds. The number of rotatable bonds is 10. The van der Waals surface area contributed by atoms with Gasteiger partial charge in [0.15, 0.2) is 0 Å².